The maximum absolute atomic E-state index is 13.9. The summed E-state index contributed by atoms with van der Waals surface area (Å²) in [4.78, 5) is 28.0. The molecule has 3 aromatic carbocycles. The molecule has 1 saturated heterocycles. The highest BCUT2D eigenvalue weighted by atomic mass is 19.1. The fourth-order valence-corrected chi connectivity index (χ4v) is 4.36. The van der Waals surface area contributed by atoms with Crippen molar-refractivity contribution in [3.05, 3.63) is 100 Å². The van der Waals surface area contributed by atoms with Crippen LogP contribution in [0.5, 0.6) is 11.5 Å². The third kappa shape index (κ3) is 4.82. The summed E-state index contributed by atoms with van der Waals surface area (Å²) in [6, 6.07) is 17.5. The van der Waals surface area contributed by atoms with Crippen LogP contribution in [0.4, 0.5) is 4.39 Å². The number of aliphatic hydroxyl groups excluding tert-OH is 1. The minimum absolute atomic E-state index is 0.0197. The van der Waals surface area contributed by atoms with Gasteiger partial charge in [0.05, 0.1) is 31.4 Å². The van der Waals surface area contributed by atoms with Gasteiger partial charge in [-0.15, -0.1) is 0 Å². The van der Waals surface area contributed by atoms with Crippen LogP contribution in [0.15, 0.2) is 72.3 Å². The molecule has 1 aliphatic rings. The van der Waals surface area contributed by atoms with E-state index in [0.717, 1.165) is 0 Å². The molecule has 0 saturated carbocycles. The van der Waals surface area contributed by atoms with Crippen molar-refractivity contribution in [2.45, 2.75) is 39.5 Å². The van der Waals surface area contributed by atoms with Crippen molar-refractivity contribution >= 4 is 17.4 Å². The van der Waals surface area contributed by atoms with Crippen molar-refractivity contribution in [2.24, 2.45) is 0 Å². The second kappa shape index (κ2) is 10.2. The van der Waals surface area contributed by atoms with Gasteiger partial charge in [-0.3, -0.25) is 9.59 Å². The molecule has 1 unspecified atom stereocenters. The number of benzene rings is 3. The van der Waals surface area contributed by atoms with E-state index in [1.54, 1.807) is 37.3 Å². The summed E-state index contributed by atoms with van der Waals surface area (Å²) < 4.78 is 25.0. The third-order valence-corrected chi connectivity index (χ3v) is 6.07. The number of methoxy groups -OCH3 is 1. The normalized spacial score (nSPS) is 17.1. The molecule has 1 atom stereocenters. The summed E-state index contributed by atoms with van der Waals surface area (Å²) in [5, 5.41) is 11.2. The van der Waals surface area contributed by atoms with Gasteiger partial charge in [-0.1, -0.05) is 30.3 Å². The zero-order valence-electron chi connectivity index (χ0n) is 20.6. The van der Waals surface area contributed by atoms with Gasteiger partial charge in [-0.05, 0) is 68.3 Å². The molecule has 1 amide bonds. The van der Waals surface area contributed by atoms with E-state index in [1.807, 2.05) is 32.0 Å². The van der Waals surface area contributed by atoms with Gasteiger partial charge in [-0.2, -0.15) is 0 Å². The number of aliphatic hydroxyl groups is 1. The summed E-state index contributed by atoms with van der Waals surface area (Å²) in [6.07, 6.45) is -0.0197. The monoisotopic (exact) mass is 489 g/mol. The van der Waals surface area contributed by atoms with Crippen LogP contribution in [-0.4, -0.2) is 34.9 Å². The van der Waals surface area contributed by atoms with Crippen LogP contribution in [0.3, 0.4) is 0 Å². The Morgan fingerprint density at radius 1 is 1.06 bits per heavy atom. The molecule has 4 rings (SSSR count). The van der Waals surface area contributed by atoms with Gasteiger partial charge in [0.15, 0.2) is 0 Å². The largest absolute Gasteiger partial charge is 0.507 e. The molecule has 1 heterocycles. The Bertz CT molecular complexity index is 1330. The van der Waals surface area contributed by atoms with Crippen LogP contribution < -0.4 is 9.47 Å². The molecule has 0 bridgehead atoms. The van der Waals surface area contributed by atoms with Gasteiger partial charge in [0.1, 0.15) is 23.1 Å². The Labute approximate surface area is 209 Å². The quantitative estimate of drug-likeness (QED) is 0.267. The molecule has 36 heavy (non-hydrogen) atoms. The number of ketones is 1. The summed E-state index contributed by atoms with van der Waals surface area (Å²) in [7, 11) is 1.54. The minimum Gasteiger partial charge on any atom is -0.507 e. The van der Waals surface area contributed by atoms with E-state index in [9.17, 15) is 19.1 Å². The molecule has 3 aromatic rings. The summed E-state index contributed by atoms with van der Waals surface area (Å²) in [6.45, 7) is 5.49. The number of hydrogen-bond donors (Lipinski definition) is 1. The molecule has 0 aromatic heterocycles. The first-order chi connectivity index (χ1) is 17.2. The van der Waals surface area contributed by atoms with E-state index in [4.69, 9.17) is 9.47 Å². The van der Waals surface area contributed by atoms with Crippen LogP contribution in [0.2, 0.25) is 0 Å². The second-order valence-corrected chi connectivity index (χ2v) is 8.94. The maximum atomic E-state index is 13.9. The van der Waals surface area contributed by atoms with Gasteiger partial charge in [0.25, 0.3) is 11.7 Å². The number of ether oxygens (including phenoxy) is 2. The van der Waals surface area contributed by atoms with E-state index in [1.165, 1.54) is 30.2 Å². The van der Waals surface area contributed by atoms with Gasteiger partial charge < -0.3 is 19.5 Å². The van der Waals surface area contributed by atoms with Gasteiger partial charge in [0.2, 0.25) is 0 Å². The molecule has 1 N–H and O–H groups in total. The van der Waals surface area contributed by atoms with Crippen LogP contribution >= 0.6 is 0 Å². The number of nitrogens with zero attached hydrogens (tertiary/aromatic N) is 1. The number of carbonyl (C=O) groups is 2. The van der Waals surface area contributed by atoms with Crippen LogP contribution in [0, 0.1) is 12.7 Å². The Hall–Kier alpha value is -4.13. The highest BCUT2D eigenvalue weighted by Crippen LogP contribution is 2.41. The summed E-state index contributed by atoms with van der Waals surface area (Å²) in [5.74, 6) is -1.12. The zero-order chi connectivity index (χ0) is 26.0. The van der Waals surface area contributed by atoms with Gasteiger partial charge in [0, 0.05) is 11.1 Å². The number of rotatable bonds is 7. The lowest BCUT2D eigenvalue weighted by molar-refractivity contribution is -0.140. The smallest absolute Gasteiger partial charge is 0.295 e. The lowest BCUT2D eigenvalue weighted by Gasteiger charge is -2.26. The first-order valence-corrected chi connectivity index (χ1v) is 11.6. The fraction of sp³-hybridized carbons (Fsp3) is 0.241. The molecule has 0 spiro atoms. The standard InChI is InChI=1S/C29H28FNO5/c1-17(2)36-22-12-9-19(10-13-22)26-25(27(32)20-11-14-23(30)18(3)15-20)28(33)29(34)31(26)16-21-7-5-6-8-24(21)35-4/h5-15,17,26,32H,16H2,1-4H3/b27-25-. The molecule has 6 nitrogen and oxygen atoms in total. The van der Waals surface area contributed by atoms with E-state index < -0.39 is 23.5 Å². The molecule has 7 heteroatoms. The molecule has 186 valence electrons. The van der Waals surface area contributed by atoms with Crippen molar-refractivity contribution in [3.8, 4) is 11.5 Å². The molecule has 1 fully saturated rings. The maximum Gasteiger partial charge on any atom is 0.295 e. The number of para-hydroxylation sites is 1. The van der Waals surface area contributed by atoms with Gasteiger partial charge >= 0.3 is 0 Å². The predicted octanol–water partition coefficient (Wildman–Crippen LogP) is 5.55. The number of Topliss-reactive ketones (excluding diaryl/α,β-unsaturated/α-hetero) is 1. The predicted molar refractivity (Wildman–Crippen MR) is 134 cm³/mol. The average Bonchev–Trinajstić information content (AvgIpc) is 3.10. The first-order valence-electron chi connectivity index (χ1n) is 11.6. The Kier molecular flexibility index (Phi) is 7.10. The first kappa shape index (κ1) is 25.0. The van der Waals surface area contributed by atoms with E-state index in [0.29, 0.717) is 28.2 Å². The van der Waals surface area contributed by atoms with Crippen molar-refractivity contribution in [1.29, 1.82) is 0 Å². The average molecular weight is 490 g/mol. The Morgan fingerprint density at radius 2 is 1.75 bits per heavy atom. The number of carbonyl (C=O) groups excluding carboxylic acids is 2. The van der Waals surface area contributed by atoms with E-state index in [2.05, 4.69) is 0 Å². The molecule has 1 aliphatic heterocycles. The minimum atomic E-state index is -0.867. The molecular weight excluding hydrogens is 461 g/mol. The van der Waals surface area contributed by atoms with Crippen LogP contribution in [0.1, 0.15) is 42.1 Å². The van der Waals surface area contributed by atoms with E-state index >= 15 is 0 Å². The summed E-state index contributed by atoms with van der Waals surface area (Å²) >= 11 is 0. The fourth-order valence-electron chi connectivity index (χ4n) is 4.36. The zero-order valence-corrected chi connectivity index (χ0v) is 20.6. The highest BCUT2D eigenvalue weighted by molar-refractivity contribution is 6.46. The third-order valence-electron chi connectivity index (χ3n) is 6.07. The number of hydrogen-bond acceptors (Lipinski definition) is 5. The lowest BCUT2D eigenvalue weighted by Crippen LogP contribution is -2.29. The van der Waals surface area contributed by atoms with Crippen LogP contribution in [-0.2, 0) is 16.1 Å². The molecular formula is C29H28FNO5. The van der Waals surface area contributed by atoms with Crippen molar-refractivity contribution in [3.63, 3.8) is 0 Å². The molecule has 0 radical (unpaired) electrons. The Balaban J connectivity index is 1.85. The Morgan fingerprint density at radius 3 is 2.39 bits per heavy atom. The molecule has 0 aliphatic carbocycles. The lowest BCUT2D eigenvalue weighted by atomic mass is 9.94. The SMILES string of the molecule is COc1ccccc1CN1C(=O)C(=O)/C(=C(\O)c2ccc(F)c(C)c2)C1c1ccc(OC(C)C)cc1. The number of amides is 1. The topological polar surface area (TPSA) is 76.1 Å². The van der Waals surface area contributed by atoms with E-state index in [-0.39, 0.29) is 29.5 Å². The van der Waals surface area contributed by atoms with Crippen LogP contribution in [0.25, 0.3) is 5.76 Å². The number of likely N-dealkylation sites (tertiary alicyclic amines) is 1. The second-order valence-electron chi connectivity index (χ2n) is 8.94. The number of aryl methyl sites for hydroxylation is 1. The van der Waals surface area contributed by atoms with Crippen molar-refractivity contribution in [1.82, 2.24) is 4.90 Å². The van der Waals surface area contributed by atoms with Crippen molar-refractivity contribution < 1.29 is 28.6 Å². The van der Waals surface area contributed by atoms with Gasteiger partial charge in [-0.25, -0.2) is 4.39 Å². The highest BCUT2D eigenvalue weighted by Gasteiger charge is 2.46. The summed E-state index contributed by atoms with van der Waals surface area (Å²) in [5.41, 5.74) is 1.85. The van der Waals surface area contributed by atoms with Crippen molar-refractivity contribution in [2.75, 3.05) is 7.11 Å². The number of halogens is 1.